The minimum atomic E-state index is -3.63. The van der Waals surface area contributed by atoms with Gasteiger partial charge in [0.15, 0.2) is 5.96 Å². The summed E-state index contributed by atoms with van der Waals surface area (Å²) < 4.78 is 40.4. The molecule has 0 amide bonds. The van der Waals surface area contributed by atoms with Crippen molar-refractivity contribution < 1.29 is 12.8 Å². The molecule has 0 aliphatic carbocycles. The second-order valence-electron chi connectivity index (χ2n) is 5.30. The lowest BCUT2D eigenvalue weighted by Crippen LogP contribution is -2.41. The molecular weight excluding hydrogens is 379 g/mol. The fourth-order valence-electron chi connectivity index (χ4n) is 2.13. The van der Waals surface area contributed by atoms with Gasteiger partial charge in [0.1, 0.15) is 5.82 Å². The van der Waals surface area contributed by atoms with Crippen LogP contribution >= 0.6 is 11.6 Å². The third-order valence-corrected chi connectivity index (χ3v) is 5.14. The second-order valence-corrected chi connectivity index (χ2v) is 7.50. The first-order chi connectivity index (χ1) is 12.4. The summed E-state index contributed by atoms with van der Waals surface area (Å²) in [5.74, 6) is 0.139. The molecular formula is C17H20ClFN4O2S. The van der Waals surface area contributed by atoms with Crippen molar-refractivity contribution in [2.45, 2.75) is 11.4 Å². The van der Waals surface area contributed by atoms with Crippen LogP contribution in [0.4, 0.5) is 4.39 Å². The lowest BCUT2D eigenvalue weighted by Gasteiger charge is -2.13. The topological polar surface area (TPSA) is 82.6 Å². The van der Waals surface area contributed by atoms with E-state index in [1.807, 2.05) is 0 Å². The van der Waals surface area contributed by atoms with E-state index in [1.165, 1.54) is 18.2 Å². The van der Waals surface area contributed by atoms with Gasteiger partial charge in [-0.3, -0.25) is 4.99 Å². The first-order valence-electron chi connectivity index (χ1n) is 7.85. The summed E-state index contributed by atoms with van der Waals surface area (Å²) in [5.41, 5.74) is 0.511. The van der Waals surface area contributed by atoms with E-state index in [9.17, 15) is 12.8 Å². The summed E-state index contributed by atoms with van der Waals surface area (Å²) in [5, 5.41) is 6.28. The summed E-state index contributed by atoms with van der Waals surface area (Å²) >= 11 is 5.81. The predicted molar refractivity (Wildman–Crippen MR) is 101 cm³/mol. The fourth-order valence-corrected chi connectivity index (χ4v) is 3.46. The number of benzene rings is 2. The van der Waals surface area contributed by atoms with Gasteiger partial charge in [-0.15, -0.1) is 0 Å². The van der Waals surface area contributed by atoms with Crippen molar-refractivity contribution in [2.24, 2.45) is 4.99 Å². The Kier molecular flexibility index (Phi) is 7.38. The summed E-state index contributed by atoms with van der Waals surface area (Å²) in [4.78, 5) is 4.12. The molecule has 2 aromatic carbocycles. The average Bonchev–Trinajstić information content (AvgIpc) is 2.62. The molecule has 0 heterocycles. The maximum absolute atomic E-state index is 13.6. The highest BCUT2D eigenvalue weighted by molar-refractivity contribution is 7.89. The molecule has 2 rings (SSSR count). The smallest absolute Gasteiger partial charge is 0.240 e. The van der Waals surface area contributed by atoms with Crippen molar-refractivity contribution >= 4 is 27.6 Å². The molecule has 0 saturated heterocycles. The van der Waals surface area contributed by atoms with Gasteiger partial charge in [-0.25, -0.2) is 17.5 Å². The number of hydrogen-bond acceptors (Lipinski definition) is 3. The molecule has 0 fully saturated rings. The number of rotatable bonds is 7. The molecule has 0 unspecified atom stereocenters. The van der Waals surface area contributed by atoms with Crippen molar-refractivity contribution in [1.82, 2.24) is 15.4 Å². The second kappa shape index (κ2) is 9.51. The third kappa shape index (κ3) is 5.98. The maximum atomic E-state index is 13.6. The summed E-state index contributed by atoms with van der Waals surface area (Å²) in [6.45, 7) is 0.715. The van der Waals surface area contributed by atoms with E-state index < -0.39 is 10.0 Å². The number of sulfonamides is 1. The van der Waals surface area contributed by atoms with Gasteiger partial charge in [0.2, 0.25) is 10.0 Å². The number of nitrogens with zero attached hydrogens (tertiary/aromatic N) is 1. The van der Waals surface area contributed by atoms with Gasteiger partial charge in [0.05, 0.1) is 4.90 Å². The van der Waals surface area contributed by atoms with Crippen LogP contribution in [0.25, 0.3) is 0 Å². The maximum Gasteiger partial charge on any atom is 0.240 e. The summed E-state index contributed by atoms with van der Waals surface area (Å²) in [7, 11) is -2.06. The Morgan fingerprint density at radius 1 is 1.12 bits per heavy atom. The SMILES string of the molecule is CN=C(NCCNS(=O)(=O)c1cccc(Cl)c1)NCc1ccccc1F. The Bertz CT molecular complexity index is 875. The zero-order valence-electron chi connectivity index (χ0n) is 14.2. The van der Waals surface area contributed by atoms with Crippen LogP contribution in [0.2, 0.25) is 5.02 Å². The molecule has 0 radical (unpaired) electrons. The van der Waals surface area contributed by atoms with Gasteiger partial charge >= 0.3 is 0 Å². The van der Waals surface area contributed by atoms with Crippen molar-refractivity contribution in [3.05, 3.63) is 64.9 Å². The molecule has 140 valence electrons. The average molecular weight is 399 g/mol. The highest BCUT2D eigenvalue weighted by Gasteiger charge is 2.13. The number of guanidine groups is 1. The van der Waals surface area contributed by atoms with Crippen molar-refractivity contribution in [3.63, 3.8) is 0 Å². The van der Waals surface area contributed by atoms with Crippen LogP contribution in [0.15, 0.2) is 58.4 Å². The zero-order chi connectivity index (χ0) is 19.0. The standard InChI is InChI=1S/C17H20ClFN4O2S/c1-20-17(22-12-13-5-2-3-8-16(13)19)21-9-10-23-26(24,25)15-7-4-6-14(18)11-15/h2-8,11,23H,9-10,12H2,1H3,(H2,20,21,22). The highest BCUT2D eigenvalue weighted by atomic mass is 35.5. The molecule has 9 heteroatoms. The van der Waals surface area contributed by atoms with Crippen molar-refractivity contribution in [2.75, 3.05) is 20.1 Å². The van der Waals surface area contributed by atoms with E-state index in [0.717, 1.165) is 0 Å². The third-order valence-electron chi connectivity index (χ3n) is 3.44. The van der Waals surface area contributed by atoms with Gasteiger partial charge in [-0.2, -0.15) is 0 Å². The zero-order valence-corrected chi connectivity index (χ0v) is 15.7. The molecule has 0 spiro atoms. The first kappa shape index (κ1) is 20.2. The normalized spacial score (nSPS) is 12.0. The molecule has 0 saturated carbocycles. The van der Waals surface area contributed by atoms with Crippen LogP contribution in [0.1, 0.15) is 5.56 Å². The van der Waals surface area contributed by atoms with E-state index in [-0.39, 0.29) is 23.8 Å². The summed E-state index contributed by atoms with van der Waals surface area (Å²) in [6.07, 6.45) is 0. The minimum absolute atomic E-state index is 0.104. The van der Waals surface area contributed by atoms with Crippen LogP contribution in [-0.4, -0.2) is 34.5 Å². The lowest BCUT2D eigenvalue weighted by molar-refractivity contribution is 0.580. The van der Waals surface area contributed by atoms with Gasteiger partial charge in [-0.1, -0.05) is 35.9 Å². The quantitative estimate of drug-likeness (QED) is 0.379. The number of halogens is 2. The fraction of sp³-hybridized carbons (Fsp3) is 0.235. The minimum Gasteiger partial charge on any atom is -0.355 e. The van der Waals surface area contributed by atoms with Crippen molar-refractivity contribution in [1.29, 1.82) is 0 Å². The van der Waals surface area contributed by atoms with E-state index in [0.29, 0.717) is 23.1 Å². The molecule has 0 aromatic heterocycles. The molecule has 0 aliphatic heterocycles. The highest BCUT2D eigenvalue weighted by Crippen LogP contribution is 2.14. The molecule has 0 atom stereocenters. The molecule has 26 heavy (non-hydrogen) atoms. The molecule has 0 bridgehead atoms. The van der Waals surface area contributed by atoms with Crippen LogP contribution in [0.3, 0.4) is 0 Å². The van der Waals surface area contributed by atoms with Crippen LogP contribution in [0, 0.1) is 5.82 Å². The first-order valence-corrected chi connectivity index (χ1v) is 9.71. The van der Waals surface area contributed by atoms with E-state index in [1.54, 1.807) is 37.4 Å². The van der Waals surface area contributed by atoms with Gasteiger partial charge < -0.3 is 10.6 Å². The molecule has 3 N–H and O–H groups in total. The van der Waals surface area contributed by atoms with Crippen LogP contribution in [-0.2, 0) is 16.6 Å². The molecule has 2 aromatic rings. The number of nitrogens with one attached hydrogen (secondary N) is 3. The summed E-state index contributed by atoms with van der Waals surface area (Å²) in [6, 6.07) is 12.5. The van der Waals surface area contributed by atoms with Crippen LogP contribution < -0.4 is 15.4 Å². The molecule has 0 aliphatic rings. The predicted octanol–water partition coefficient (Wildman–Crippen LogP) is 2.12. The van der Waals surface area contributed by atoms with Crippen molar-refractivity contribution in [3.8, 4) is 0 Å². The number of aliphatic imine (C=N–C) groups is 1. The Labute approximate surface area is 157 Å². The van der Waals surface area contributed by atoms with Gasteiger partial charge in [0.25, 0.3) is 0 Å². The monoisotopic (exact) mass is 398 g/mol. The van der Waals surface area contributed by atoms with Gasteiger partial charge in [0, 0.05) is 37.3 Å². The number of hydrogen-bond donors (Lipinski definition) is 3. The van der Waals surface area contributed by atoms with E-state index in [2.05, 4.69) is 20.3 Å². The van der Waals surface area contributed by atoms with E-state index in [4.69, 9.17) is 11.6 Å². The Morgan fingerprint density at radius 3 is 2.58 bits per heavy atom. The Hall–Kier alpha value is -2.16. The lowest BCUT2D eigenvalue weighted by atomic mass is 10.2. The Morgan fingerprint density at radius 2 is 1.88 bits per heavy atom. The van der Waals surface area contributed by atoms with Crippen LogP contribution in [0.5, 0.6) is 0 Å². The van der Waals surface area contributed by atoms with E-state index >= 15 is 0 Å². The largest absolute Gasteiger partial charge is 0.355 e. The Balaban J connectivity index is 1.80. The van der Waals surface area contributed by atoms with Gasteiger partial charge in [-0.05, 0) is 24.3 Å². The molecule has 6 nitrogen and oxygen atoms in total.